The fourth-order valence-electron chi connectivity index (χ4n) is 2.32. The summed E-state index contributed by atoms with van der Waals surface area (Å²) in [7, 11) is 0. The predicted octanol–water partition coefficient (Wildman–Crippen LogP) is 3.08. The van der Waals surface area contributed by atoms with Crippen molar-refractivity contribution in [2.45, 2.75) is 38.9 Å². The van der Waals surface area contributed by atoms with Gasteiger partial charge in [-0.2, -0.15) is 0 Å². The summed E-state index contributed by atoms with van der Waals surface area (Å²) < 4.78 is 1.78. The second kappa shape index (κ2) is 4.12. The van der Waals surface area contributed by atoms with Gasteiger partial charge in [-0.3, -0.25) is 0 Å². The SMILES string of the molecule is CCC1c2ccccc2[N+](=O)C(CC)[N+]1=O. The van der Waals surface area contributed by atoms with E-state index in [0.29, 0.717) is 12.1 Å². The zero-order valence-electron chi connectivity index (χ0n) is 9.59. The lowest BCUT2D eigenvalue weighted by Gasteiger charge is -2.15. The number of nitrogens with zero attached hydrogens (tertiary/aromatic N) is 2. The van der Waals surface area contributed by atoms with Crippen LogP contribution < -0.4 is 0 Å². The molecular weight excluding hydrogens is 204 g/mol. The molecule has 0 bridgehead atoms. The minimum Gasteiger partial charge on any atom is -0.0612 e. The molecule has 1 heterocycles. The molecule has 1 aliphatic rings. The Morgan fingerprint density at radius 3 is 2.44 bits per heavy atom. The van der Waals surface area contributed by atoms with Crippen molar-refractivity contribution in [3.8, 4) is 0 Å². The third kappa shape index (κ3) is 1.45. The van der Waals surface area contributed by atoms with Crippen LogP contribution in [0, 0.1) is 9.81 Å². The molecule has 0 radical (unpaired) electrons. The summed E-state index contributed by atoms with van der Waals surface area (Å²) in [6.45, 7) is 3.83. The van der Waals surface area contributed by atoms with Crippen molar-refractivity contribution < 1.29 is 9.52 Å². The van der Waals surface area contributed by atoms with Gasteiger partial charge < -0.3 is 0 Å². The number of rotatable bonds is 2. The molecule has 1 aromatic rings. The third-order valence-corrected chi connectivity index (χ3v) is 3.16. The third-order valence-electron chi connectivity index (χ3n) is 3.16. The maximum atomic E-state index is 12.0. The van der Waals surface area contributed by atoms with E-state index in [4.69, 9.17) is 0 Å². The average Bonchev–Trinajstić information content (AvgIpc) is 2.30. The summed E-state index contributed by atoms with van der Waals surface area (Å²) in [5.74, 6) is 0. The van der Waals surface area contributed by atoms with Crippen molar-refractivity contribution in [2.24, 2.45) is 0 Å². The molecule has 16 heavy (non-hydrogen) atoms. The number of hydrogen-bond acceptors (Lipinski definition) is 2. The van der Waals surface area contributed by atoms with Crippen LogP contribution in [-0.4, -0.2) is 15.7 Å². The highest BCUT2D eigenvalue weighted by Gasteiger charge is 2.52. The molecule has 0 fully saturated rings. The maximum Gasteiger partial charge on any atom is 0.437 e. The Morgan fingerprint density at radius 2 is 1.81 bits per heavy atom. The van der Waals surface area contributed by atoms with Crippen molar-refractivity contribution in [3.63, 3.8) is 0 Å². The van der Waals surface area contributed by atoms with Gasteiger partial charge in [0.2, 0.25) is 6.04 Å². The molecular formula is C12H16N2O2+2. The van der Waals surface area contributed by atoms with Gasteiger partial charge in [0.25, 0.3) is 5.69 Å². The molecule has 0 saturated heterocycles. The van der Waals surface area contributed by atoms with Crippen LogP contribution >= 0.6 is 0 Å². The van der Waals surface area contributed by atoms with Crippen molar-refractivity contribution >= 4 is 5.69 Å². The van der Waals surface area contributed by atoms with Gasteiger partial charge in [0.1, 0.15) is 10.3 Å². The molecule has 1 aromatic carbocycles. The molecule has 2 rings (SSSR count). The lowest BCUT2D eigenvalue weighted by molar-refractivity contribution is -0.797. The van der Waals surface area contributed by atoms with Crippen molar-refractivity contribution in [3.05, 3.63) is 39.6 Å². The minimum atomic E-state index is -0.583. The van der Waals surface area contributed by atoms with E-state index in [1.165, 1.54) is 0 Å². The Bertz CT molecular complexity index is 442. The monoisotopic (exact) mass is 220 g/mol. The fraction of sp³-hybridized carbons (Fsp3) is 0.500. The second-order valence-corrected chi connectivity index (χ2v) is 4.06. The first-order valence-corrected chi connectivity index (χ1v) is 5.71. The molecule has 84 valence electrons. The van der Waals surface area contributed by atoms with Crippen LogP contribution in [0.2, 0.25) is 0 Å². The summed E-state index contributed by atoms with van der Waals surface area (Å²) in [5, 5.41) is 0. The van der Waals surface area contributed by atoms with E-state index in [0.717, 1.165) is 21.5 Å². The highest BCUT2D eigenvalue weighted by atomic mass is 16.3. The fourth-order valence-corrected chi connectivity index (χ4v) is 2.32. The van der Waals surface area contributed by atoms with Crippen LogP contribution in [0.5, 0.6) is 0 Å². The highest BCUT2D eigenvalue weighted by molar-refractivity contribution is 5.41. The van der Waals surface area contributed by atoms with Gasteiger partial charge in [0, 0.05) is 22.3 Å². The summed E-state index contributed by atoms with van der Waals surface area (Å²) in [4.78, 5) is 24.0. The van der Waals surface area contributed by atoms with Gasteiger partial charge in [0.05, 0.1) is 11.2 Å². The highest BCUT2D eigenvalue weighted by Crippen LogP contribution is 2.36. The van der Waals surface area contributed by atoms with Crippen molar-refractivity contribution in [1.29, 1.82) is 0 Å². The zero-order valence-corrected chi connectivity index (χ0v) is 9.59. The summed E-state index contributed by atoms with van der Waals surface area (Å²) in [6.07, 6.45) is 0.683. The first-order valence-electron chi connectivity index (χ1n) is 5.71. The van der Waals surface area contributed by atoms with Crippen LogP contribution in [0.15, 0.2) is 24.3 Å². The van der Waals surface area contributed by atoms with Gasteiger partial charge in [0.15, 0.2) is 0 Å². The molecule has 0 N–H and O–H groups in total. The molecule has 0 amide bonds. The summed E-state index contributed by atoms with van der Waals surface area (Å²) >= 11 is 0. The summed E-state index contributed by atoms with van der Waals surface area (Å²) in [5.41, 5.74) is 1.49. The zero-order chi connectivity index (χ0) is 11.7. The van der Waals surface area contributed by atoms with Crippen LogP contribution in [0.25, 0.3) is 0 Å². The van der Waals surface area contributed by atoms with E-state index >= 15 is 0 Å². The number of benzene rings is 1. The van der Waals surface area contributed by atoms with Gasteiger partial charge >= 0.3 is 6.17 Å². The first-order chi connectivity index (χ1) is 7.70. The van der Waals surface area contributed by atoms with Crippen LogP contribution in [0.3, 0.4) is 0 Å². The Hall–Kier alpha value is -1.58. The molecule has 0 saturated carbocycles. The van der Waals surface area contributed by atoms with E-state index in [9.17, 15) is 9.81 Å². The molecule has 4 heteroatoms. The first kappa shape index (κ1) is 10.9. The number of hydrogen-bond donors (Lipinski definition) is 0. The van der Waals surface area contributed by atoms with Gasteiger partial charge in [-0.1, -0.05) is 26.0 Å². The standard InChI is InChI=1S/C12H16N2O2/c1-3-10-9-7-5-6-8-11(9)14(16)12(4-2)13(10)15/h5-8,10,12H,3-4H2,1-2H3/q+2. The van der Waals surface area contributed by atoms with E-state index in [2.05, 4.69) is 0 Å². The largest absolute Gasteiger partial charge is 0.437 e. The van der Waals surface area contributed by atoms with E-state index in [-0.39, 0.29) is 6.04 Å². The quantitative estimate of drug-likeness (QED) is 0.718. The lowest BCUT2D eigenvalue weighted by atomic mass is 9.98. The maximum absolute atomic E-state index is 12.0. The molecule has 0 aliphatic carbocycles. The normalized spacial score (nSPS) is 24.4. The van der Waals surface area contributed by atoms with Gasteiger partial charge in [-0.25, -0.2) is 0 Å². The van der Waals surface area contributed by atoms with E-state index < -0.39 is 6.17 Å². The summed E-state index contributed by atoms with van der Waals surface area (Å²) in [6, 6.07) is 7.18. The number of fused-ring (bicyclic) bond motifs is 1. The molecule has 0 aromatic heterocycles. The second-order valence-electron chi connectivity index (χ2n) is 4.06. The molecule has 0 spiro atoms. The topological polar surface area (TPSA) is 40.2 Å². The average molecular weight is 220 g/mol. The smallest absolute Gasteiger partial charge is 0.0612 e. The van der Waals surface area contributed by atoms with Gasteiger partial charge in [-0.15, -0.1) is 0 Å². The Balaban J connectivity index is 2.56. The number of para-hydroxylation sites is 1. The molecule has 2 atom stereocenters. The van der Waals surface area contributed by atoms with E-state index in [1.807, 2.05) is 32.0 Å². The van der Waals surface area contributed by atoms with Gasteiger partial charge in [-0.05, 0) is 6.07 Å². The predicted molar refractivity (Wildman–Crippen MR) is 60.5 cm³/mol. The van der Waals surface area contributed by atoms with E-state index in [1.54, 1.807) is 6.07 Å². The molecule has 2 unspecified atom stereocenters. The minimum absolute atomic E-state index is 0.189. The lowest BCUT2D eigenvalue weighted by Crippen LogP contribution is -2.39. The van der Waals surface area contributed by atoms with Crippen LogP contribution in [0.1, 0.15) is 38.3 Å². The number of nitroso groups, excluding NO2 is 2. The van der Waals surface area contributed by atoms with Crippen LogP contribution in [0.4, 0.5) is 5.69 Å². The van der Waals surface area contributed by atoms with Crippen molar-refractivity contribution in [2.75, 3.05) is 0 Å². The van der Waals surface area contributed by atoms with Crippen molar-refractivity contribution in [1.82, 2.24) is 0 Å². The molecule has 4 nitrogen and oxygen atoms in total. The Labute approximate surface area is 94.4 Å². The van der Waals surface area contributed by atoms with Crippen LogP contribution in [-0.2, 0) is 0 Å². The Morgan fingerprint density at radius 1 is 1.12 bits per heavy atom. The Kier molecular flexibility index (Phi) is 2.81. The molecule has 1 aliphatic heterocycles.